The van der Waals surface area contributed by atoms with E-state index in [1.54, 1.807) is 25.1 Å². The van der Waals surface area contributed by atoms with Gasteiger partial charge in [-0.25, -0.2) is 4.79 Å². The number of rotatable bonds is 1. The van der Waals surface area contributed by atoms with Gasteiger partial charge in [-0.05, 0) is 18.6 Å². The van der Waals surface area contributed by atoms with E-state index >= 15 is 0 Å². The minimum Gasteiger partial charge on any atom is -0.478 e. The summed E-state index contributed by atoms with van der Waals surface area (Å²) >= 11 is 0. The molecule has 1 rings (SSSR count). The van der Waals surface area contributed by atoms with Crippen molar-refractivity contribution in [3.8, 4) is 0 Å². The fourth-order valence-electron chi connectivity index (χ4n) is 0.813. The normalized spacial score (nSPS) is 8.45. The second kappa shape index (κ2) is 4.21. The Labute approximate surface area is 77.1 Å². The van der Waals surface area contributed by atoms with Crippen LogP contribution >= 0.6 is 0 Å². The smallest absolute Gasteiger partial charge is 0.335 e. The SMILES string of the molecule is Cc1ccccc1C(=O)O.[V]. The van der Waals surface area contributed by atoms with Crippen LogP contribution in [0.25, 0.3) is 0 Å². The van der Waals surface area contributed by atoms with E-state index in [0.29, 0.717) is 5.56 Å². The van der Waals surface area contributed by atoms with Crippen molar-refractivity contribution in [3.63, 3.8) is 0 Å². The van der Waals surface area contributed by atoms with Gasteiger partial charge in [-0.3, -0.25) is 0 Å². The van der Waals surface area contributed by atoms with Crippen molar-refractivity contribution in [1.29, 1.82) is 0 Å². The number of benzene rings is 1. The van der Waals surface area contributed by atoms with Crippen LogP contribution in [0.5, 0.6) is 0 Å². The van der Waals surface area contributed by atoms with E-state index in [1.807, 2.05) is 6.07 Å². The molecule has 0 aromatic heterocycles. The third-order valence-corrected chi connectivity index (χ3v) is 1.38. The molecule has 0 aliphatic heterocycles. The second-order valence-corrected chi connectivity index (χ2v) is 2.12. The van der Waals surface area contributed by atoms with Crippen LogP contribution in [0.3, 0.4) is 0 Å². The Balaban J connectivity index is 0.000001000. The molecule has 57 valence electrons. The van der Waals surface area contributed by atoms with Crippen molar-refractivity contribution in [1.82, 2.24) is 0 Å². The molecule has 0 unspecified atom stereocenters. The largest absolute Gasteiger partial charge is 0.478 e. The van der Waals surface area contributed by atoms with E-state index in [9.17, 15) is 4.79 Å². The summed E-state index contributed by atoms with van der Waals surface area (Å²) in [5.74, 6) is -0.863. The van der Waals surface area contributed by atoms with Crippen LogP contribution in [-0.4, -0.2) is 11.1 Å². The van der Waals surface area contributed by atoms with E-state index in [2.05, 4.69) is 0 Å². The van der Waals surface area contributed by atoms with Crippen molar-refractivity contribution >= 4 is 5.97 Å². The van der Waals surface area contributed by atoms with Gasteiger partial charge in [0.25, 0.3) is 0 Å². The molecule has 0 saturated carbocycles. The molecule has 2 nitrogen and oxygen atoms in total. The first-order valence-electron chi connectivity index (χ1n) is 3.01. The molecule has 0 aliphatic carbocycles. The third-order valence-electron chi connectivity index (χ3n) is 1.38. The van der Waals surface area contributed by atoms with Crippen LogP contribution in [0.4, 0.5) is 0 Å². The summed E-state index contributed by atoms with van der Waals surface area (Å²) in [4.78, 5) is 10.4. The third kappa shape index (κ3) is 2.41. The molecule has 0 aliphatic rings. The predicted octanol–water partition coefficient (Wildman–Crippen LogP) is 1.69. The molecule has 1 aromatic carbocycles. The predicted molar refractivity (Wildman–Crippen MR) is 38.1 cm³/mol. The molecular weight excluding hydrogens is 179 g/mol. The van der Waals surface area contributed by atoms with Crippen molar-refractivity contribution in [2.75, 3.05) is 0 Å². The first kappa shape index (κ1) is 10.3. The van der Waals surface area contributed by atoms with E-state index in [-0.39, 0.29) is 18.6 Å². The minimum absolute atomic E-state index is 0. The van der Waals surface area contributed by atoms with Crippen molar-refractivity contribution in [3.05, 3.63) is 35.4 Å². The van der Waals surface area contributed by atoms with Crippen molar-refractivity contribution in [2.45, 2.75) is 6.92 Å². The van der Waals surface area contributed by atoms with Crippen LogP contribution in [-0.2, 0) is 18.6 Å². The van der Waals surface area contributed by atoms with E-state index in [4.69, 9.17) is 5.11 Å². The van der Waals surface area contributed by atoms with Crippen LogP contribution < -0.4 is 0 Å². The Morgan fingerprint density at radius 2 is 1.91 bits per heavy atom. The molecule has 1 N–H and O–H groups in total. The second-order valence-electron chi connectivity index (χ2n) is 2.12. The maximum atomic E-state index is 10.4. The summed E-state index contributed by atoms with van der Waals surface area (Å²) in [6, 6.07) is 6.92. The molecule has 0 bridgehead atoms. The molecule has 0 spiro atoms. The Kier molecular flexibility index (Phi) is 3.94. The zero-order valence-corrected chi connectivity index (χ0v) is 7.51. The molecule has 1 aromatic rings. The summed E-state index contributed by atoms with van der Waals surface area (Å²) in [6.07, 6.45) is 0. The van der Waals surface area contributed by atoms with Crippen LogP contribution in [0, 0.1) is 6.92 Å². The number of carboxylic acid groups (broad SMARTS) is 1. The number of aryl methyl sites for hydroxylation is 1. The Morgan fingerprint density at radius 1 is 1.36 bits per heavy atom. The zero-order chi connectivity index (χ0) is 7.56. The Hall–Kier alpha value is -0.726. The van der Waals surface area contributed by atoms with E-state index in [1.165, 1.54) is 0 Å². The van der Waals surface area contributed by atoms with Crippen molar-refractivity contribution < 1.29 is 28.5 Å². The Morgan fingerprint density at radius 3 is 2.27 bits per heavy atom. The number of carbonyl (C=O) groups is 1. The molecular formula is C8H8O2V. The summed E-state index contributed by atoms with van der Waals surface area (Å²) in [5.41, 5.74) is 1.18. The zero-order valence-electron chi connectivity index (χ0n) is 6.11. The van der Waals surface area contributed by atoms with Crippen LogP contribution in [0.1, 0.15) is 15.9 Å². The molecule has 0 saturated heterocycles. The molecule has 1 radical (unpaired) electrons. The minimum atomic E-state index is -0.863. The van der Waals surface area contributed by atoms with Crippen LogP contribution in [0.2, 0.25) is 0 Å². The molecule has 0 fully saturated rings. The van der Waals surface area contributed by atoms with Gasteiger partial charge < -0.3 is 5.11 Å². The van der Waals surface area contributed by atoms with E-state index < -0.39 is 5.97 Å². The number of hydrogen-bond donors (Lipinski definition) is 1. The first-order valence-corrected chi connectivity index (χ1v) is 3.01. The Bertz CT molecular complexity index is 258. The number of carboxylic acids is 1. The first-order chi connectivity index (χ1) is 4.72. The summed E-state index contributed by atoms with van der Waals surface area (Å²) in [5, 5.41) is 8.57. The fraction of sp³-hybridized carbons (Fsp3) is 0.125. The number of aromatic carboxylic acids is 1. The average molecular weight is 187 g/mol. The van der Waals surface area contributed by atoms with Gasteiger partial charge in [-0.2, -0.15) is 0 Å². The maximum Gasteiger partial charge on any atom is 0.335 e. The molecule has 11 heavy (non-hydrogen) atoms. The summed E-state index contributed by atoms with van der Waals surface area (Å²) < 4.78 is 0. The van der Waals surface area contributed by atoms with Crippen molar-refractivity contribution in [2.24, 2.45) is 0 Å². The maximum absolute atomic E-state index is 10.4. The van der Waals surface area contributed by atoms with Gasteiger partial charge in [0, 0.05) is 18.6 Å². The molecule has 0 heterocycles. The van der Waals surface area contributed by atoms with Gasteiger partial charge in [-0.15, -0.1) is 0 Å². The van der Waals surface area contributed by atoms with Gasteiger partial charge in [-0.1, -0.05) is 18.2 Å². The fourth-order valence-corrected chi connectivity index (χ4v) is 0.813. The van der Waals surface area contributed by atoms with Gasteiger partial charge in [0.05, 0.1) is 5.56 Å². The molecule has 0 amide bonds. The summed E-state index contributed by atoms with van der Waals surface area (Å²) in [6.45, 7) is 1.78. The number of hydrogen-bond acceptors (Lipinski definition) is 1. The van der Waals surface area contributed by atoms with Gasteiger partial charge in [0.2, 0.25) is 0 Å². The van der Waals surface area contributed by atoms with Gasteiger partial charge in [0.1, 0.15) is 0 Å². The van der Waals surface area contributed by atoms with Gasteiger partial charge in [0.15, 0.2) is 0 Å². The van der Waals surface area contributed by atoms with Gasteiger partial charge >= 0.3 is 5.97 Å². The quantitative estimate of drug-likeness (QED) is 0.726. The topological polar surface area (TPSA) is 37.3 Å². The van der Waals surface area contributed by atoms with E-state index in [0.717, 1.165) is 5.56 Å². The standard InChI is InChI=1S/C8H8O2.V/c1-6-4-2-3-5-7(6)8(9)10;/h2-5H,1H3,(H,9,10);. The average Bonchev–Trinajstić information content (AvgIpc) is 1.88. The summed E-state index contributed by atoms with van der Waals surface area (Å²) in [7, 11) is 0. The van der Waals surface area contributed by atoms with Crippen LogP contribution in [0.15, 0.2) is 24.3 Å². The molecule has 3 heteroatoms. The molecule has 0 atom stereocenters. The monoisotopic (exact) mass is 187 g/mol.